The quantitative estimate of drug-likeness (QED) is 0.775. The lowest BCUT2D eigenvalue weighted by Gasteiger charge is -2.18. The summed E-state index contributed by atoms with van der Waals surface area (Å²) in [5.41, 5.74) is 0. The van der Waals surface area contributed by atoms with Gasteiger partial charge in [0.2, 0.25) is 5.91 Å². The molecule has 0 aromatic rings. The highest BCUT2D eigenvalue weighted by molar-refractivity contribution is 6.18. The standard InChI is InChI=1S/C9H13ClF3NO2/c10-2-1-8(16)14-3-6(5-15)7(4-14)9(11,12)13/h6-7,15H,1-5H2/t6-,7-/m0/s1. The third-order valence-electron chi connectivity index (χ3n) is 2.76. The van der Waals surface area contributed by atoms with E-state index in [1.54, 1.807) is 0 Å². The normalized spacial score (nSPS) is 26.2. The van der Waals surface area contributed by atoms with Crippen LogP contribution in [0.4, 0.5) is 13.2 Å². The highest BCUT2D eigenvalue weighted by Crippen LogP contribution is 2.37. The number of hydrogen-bond donors (Lipinski definition) is 1. The van der Waals surface area contributed by atoms with Crippen molar-refractivity contribution in [1.29, 1.82) is 0 Å². The number of likely N-dealkylation sites (tertiary alicyclic amines) is 1. The van der Waals surface area contributed by atoms with Crippen LogP contribution >= 0.6 is 11.6 Å². The highest BCUT2D eigenvalue weighted by atomic mass is 35.5. The second-order valence-corrected chi connectivity index (χ2v) is 4.21. The first-order valence-electron chi connectivity index (χ1n) is 4.91. The van der Waals surface area contributed by atoms with Crippen LogP contribution in [0.3, 0.4) is 0 Å². The van der Waals surface area contributed by atoms with Gasteiger partial charge in [0.1, 0.15) is 0 Å². The molecule has 1 heterocycles. The number of aliphatic hydroxyl groups excluding tert-OH is 1. The molecule has 0 bridgehead atoms. The van der Waals surface area contributed by atoms with Gasteiger partial charge in [-0.2, -0.15) is 13.2 Å². The molecule has 1 saturated heterocycles. The predicted molar refractivity (Wildman–Crippen MR) is 52.0 cm³/mol. The van der Waals surface area contributed by atoms with E-state index in [9.17, 15) is 18.0 Å². The first kappa shape index (κ1) is 13.6. The first-order chi connectivity index (χ1) is 7.40. The molecule has 0 spiro atoms. The minimum Gasteiger partial charge on any atom is -0.396 e. The Hall–Kier alpha value is -0.490. The number of amides is 1. The lowest BCUT2D eigenvalue weighted by atomic mass is 9.97. The van der Waals surface area contributed by atoms with E-state index in [0.29, 0.717) is 0 Å². The monoisotopic (exact) mass is 259 g/mol. The summed E-state index contributed by atoms with van der Waals surface area (Å²) >= 11 is 5.35. The van der Waals surface area contributed by atoms with Gasteiger partial charge in [0.15, 0.2) is 0 Å². The Morgan fingerprint density at radius 1 is 1.44 bits per heavy atom. The Bertz CT molecular complexity index is 260. The van der Waals surface area contributed by atoms with Crippen LogP contribution in [0.5, 0.6) is 0 Å². The average Bonchev–Trinajstić information content (AvgIpc) is 2.61. The maximum absolute atomic E-state index is 12.5. The number of hydrogen-bond acceptors (Lipinski definition) is 2. The van der Waals surface area contributed by atoms with Crippen LogP contribution in [0.15, 0.2) is 0 Å². The number of alkyl halides is 4. The van der Waals surface area contributed by atoms with Gasteiger partial charge in [-0.05, 0) is 0 Å². The fourth-order valence-corrected chi connectivity index (χ4v) is 2.03. The molecule has 0 unspecified atom stereocenters. The zero-order valence-corrected chi connectivity index (χ0v) is 9.26. The van der Waals surface area contributed by atoms with Gasteiger partial charge < -0.3 is 10.0 Å². The molecule has 2 atom stereocenters. The minimum absolute atomic E-state index is 0.0320. The van der Waals surface area contributed by atoms with Gasteiger partial charge in [0.25, 0.3) is 0 Å². The first-order valence-corrected chi connectivity index (χ1v) is 5.45. The lowest BCUT2D eigenvalue weighted by molar-refractivity contribution is -0.183. The Morgan fingerprint density at radius 2 is 2.06 bits per heavy atom. The van der Waals surface area contributed by atoms with Gasteiger partial charge in [-0.25, -0.2) is 0 Å². The Morgan fingerprint density at radius 3 is 2.44 bits per heavy atom. The summed E-state index contributed by atoms with van der Waals surface area (Å²) in [5, 5.41) is 8.87. The molecule has 1 amide bonds. The predicted octanol–water partition coefficient (Wildman–Crippen LogP) is 1.24. The maximum Gasteiger partial charge on any atom is 0.393 e. The summed E-state index contributed by atoms with van der Waals surface area (Å²) in [4.78, 5) is 12.5. The molecule has 1 aliphatic heterocycles. The minimum atomic E-state index is -4.37. The van der Waals surface area contributed by atoms with E-state index < -0.39 is 24.6 Å². The van der Waals surface area contributed by atoms with E-state index >= 15 is 0 Å². The van der Waals surface area contributed by atoms with Crippen molar-refractivity contribution in [3.8, 4) is 0 Å². The van der Waals surface area contributed by atoms with Crippen LogP contribution in [-0.4, -0.2) is 47.7 Å². The second kappa shape index (κ2) is 5.23. The largest absolute Gasteiger partial charge is 0.396 e. The second-order valence-electron chi connectivity index (χ2n) is 3.83. The molecule has 16 heavy (non-hydrogen) atoms. The molecule has 1 aliphatic rings. The van der Waals surface area contributed by atoms with Crippen molar-refractivity contribution in [2.45, 2.75) is 12.6 Å². The van der Waals surface area contributed by atoms with Crippen LogP contribution in [-0.2, 0) is 4.79 Å². The SMILES string of the molecule is O=C(CCCl)N1C[C@@H](CO)[C@@H](C(F)(F)F)C1. The molecule has 94 valence electrons. The van der Waals surface area contributed by atoms with E-state index in [2.05, 4.69) is 0 Å². The average molecular weight is 260 g/mol. The summed E-state index contributed by atoms with van der Waals surface area (Å²) in [7, 11) is 0. The number of aliphatic hydroxyl groups is 1. The number of halogens is 4. The zero-order chi connectivity index (χ0) is 12.3. The zero-order valence-electron chi connectivity index (χ0n) is 8.50. The van der Waals surface area contributed by atoms with Crippen LogP contribution < -0.4 is 0 Å². The van der Waals surface area contributed by atoms with E-state index in [0.717, 1.165) is 4.90 Å². The van der Waals surface area contributed by atoms with Crippen molar-refractivity contribution in [3.05, 3.63) is 0 Å². The molecule has 0 saturated carbocycles. The molecular formula is C9H13ClF3NO2. The van der Waals surface area contributed by atoms with Crippen molar-refractivity contribution in [2.75, 3.05) is 25.6 Å². The third-order valence-corrected chi connectivity index (χ3v) is 2.95. The van der Waals surface area contributed by atoms with E-state index in [-0.39, 0.29) is 31.3 Å². The summed E-state index contributed by atoms with van der Waals surface area (Å²) in [6.07, 6.45) is -4.34. The van der Waals surface area contributed by atoms with Gasteiger partial charge in [-0.1, -0.05) is 0 Å². The fourth-order valence-electron chi connectivity index (χ4n) is 1.87. The molecule has 0 aromatic heterocycles. The van der Waals surface area contributed by atoms with Crippen LogP contribution in [0.25, 0.3) is 0 Å². The van der Waals surface area contributed by atoms with Crippen molar-refractivity contribution >= 4 is 17.5 Å². The van der Waals surface area contributed by atoms with Gasteiger partial charge in [0.05, 0.1) is 5.92 Å². The van der Waals surface area contributed by atoms with Crippen molar-refractivity contribution in [3.63, 3.8) is 0 Å². The number of carbonyl (C=O) groups excluding carboxylic acids is 1. The molecule has 0 aliphatic carbocycles. The topological polar surface area (TPSA) is 40.5 Å². The van der Waals surface area contributed by atoms with Crippen molar-refractivity contribution < 1.29 is 23.1 Å². The fraction of sp³-hybridized carbons (Fsp3) is 0.889. The molecular weight excluding hydrogens is 247 g/mol. The van der Waals surface area contributed by atoms with Gasteiger partial charge in [-0.3, -0.25) is 4.79 Å². The number of carbonyl (C=O) groups is 1. The summed E-state index contributed by atoms with van der Waals surface area (Å²) in [6, 6.07) is 0. The van der Waals surface area contributed by atoms with Gasteiger partial charge in [-0.15, -0.1) is 11.6 Å². The van der Waals surface area contributed by atoms with E-state index in [1.165, 1.54) is 0 Å². The maximum atomic E-state index is 12.5. The van der Waals surface area contributed by atoms with E-state index in [1.807, 2.05) is 0 Å². The molecule has 3 nitrogen and oxygen atoms in total. The van der Waals surface area contributed by atoms with Crippen LogP contribution in [0.1, 0.15) is 6.42 Å². The lowest BCUT2D eigenvalue weighted by Crippen LogP contribution is -2.32. The van der Waals surface area contributed by atoms with Gasteiger partial charge in [0, 0.05) is 37.9 Å². The number of rotatable bonds is 3. The van der Waals surface area contributed by atoms with E-state index in [4.69, 9.17) is 16.7 Å². The van der Waals surface area contributed by atoms with Crippen LogP contribution in [0.2, 0.25) is 0 Å². The van der Waals surface area contributed by atoms with Crippen LogP contribution in [0, 0.1) is 11.8 Å². The third kappa shape index (κ3) is 3.01. The summed E-state index contributed by atoms with van der Waals surface area (Å²) in [6.45, 7) is -0.977. The van der Waals surface area contributed by atoms with Gasteiger partial charge >= 0.3 is 6.18 Å². The molecule has 7 heteroatoms. The molecule has 1 N–H and O–H groups in total. The van der Waals surface area contributed by atoms with Crippen molar-refractivity contribution in [1.82, 2.24) is 4.90 Å². The smallest absolute Gasteiger partial charge is 0.393 e. The summed E-state index contributed by atoms with van der Waals surface area (Å²) in [5.74, 6) is -2.84. The highest BCUT2D eigenvalue weighted by Gasteiger charge is 2.50. The summed E-state index contributed by atoms with van der Waals surface area (Å²) < 4.78 is 37.6. The molecule has 1 fully saturated rings. The Kier molecular flexibility index (Phi) is 4.43. The molecule has 0 aromatic carbocycles. The Labute approximate surface area is 96.2 Å². The molecule has 1 rings (SSSR count). The molecule has 0 radical (unpaired) electrons. The number of nitrogens with zero attached hydrogens (tertiary/aromatic N) is 1. The Balaban J connectivity index is 2.67. The van der Waals surface area contributed by atoms with Crippen molar-refractivity contribution in [2.24, 2.45) is 11.8 Å².